The quantitative estimate of drug-likeness (QED) is 0.451. The highest BCUT2D eigenvalue weighted by atomic mass is 19.1. The standard InChI is InChI=1S/C25H22FN5O2/c1-31-9-7-15-10-16(11-19(26)23(15)31)24(32)29-21-12-14-4-2-3-5-17(14)22(21)30-25(33)18-13-28-8-6-20(18)27/h2-11,13,21-22H,12H2,1H3,(H2,27,28)(H,29,32)(H,30,33)/t21-,22-/m0/s1. The Morgan fingerprint density at radius 1 is 1.12 bits per heavy atom. The number of anilines is 1. The summed E-state index contributed by atoms with van der Waals surface area (Å²) in [5, 5.41) is 6.63. The van der Waals surface area contributed by atoms with Crippen LogP contribution in [0.25, 0.3) is 10.9 Å². The number of benzene rings is 2. The second-order valence-electron chi connectivity index (χ2n) is 8.22. The molecule has 33 heavy (non-hydrogen) atoms. The molecule has 0 bridgehead atoms. The zero-order valence-corrected chi connectivity index (χ0v) is 17.9. The number of nitrogens with one attached hydrogen (secondary N) is 2. The van der Waals surface area contributed by atoms with E-state index in [1.54, 1.807) is 36.0 Å². The summed E-state index contributed by atoms with van der Waals surface area (Å²) in [5.41, 5.74) is 9.14. The van der Waals surface area contributed by atoms with E-state index in [0.29, 0.717) is 23.0 Å². The van der Waals surface area contributed by atoms with Gasteiger partial charge in [0.15, 0.2) is 0 Å². The molecule has 0 unspecified atom stereocenters. The minimum atomic E-state index is -0.470. The van der Waals surface area contributed by atoms with Crippen molar-refractivity contribution in [3.8, 4) is 0 Å². The molecule has 0 fully saturated rings. The van der Waals surface area contributed by atoms with Crippen molar-refractivity contribution >= 4 is 28.4 Å². The van der Waals surface area contributed by atoms with E-state index in [2.05, 4.69) is 15.6 Å². The topological polar surface area (TPSA) is 102 Å². The van der Waals surface area contributed by atoms with Crippen LogP contribution in [0.5, 0.6) is 0 Å². The molecule has 7 nitrogen and oxygen atoms in total. The number of nitrogens with zero attached hydrogens (tertiary/aromatic N) is 2. The first-order chi connectivity index (χ1) is 15.9. The summed E-state index contributed by atoms with van der Waals surface area (Å²) in [6.45, 7) is 0. The lowest BCUT2D eigenvalue weighted by molar-refractivity contribution is 0.0888. The number of pyridine rings is 1. The van der Waals surface area contributed by atoms with Gasteiger partial charge in [-0.2, -0.15) is 0 Å². The molecule has 1 aliphatic carbocycles. The lowest BCUT2D eigenvalue weighted by Gasteiger charge is -2.23. The van der Waals surface area contributed by atoms with Crippen LogP contribution in [0.15, 0.2) is 67.1 Å². The van der Waals surface area contributed by atoms with Crippen LogP contribution in [0.2, 0.25) is 0 Å². The molecule has 0 spiro atoms. The molecular formula is C25H22FN5O2. The molecule has 2 amide bonds. The number of carbonyl (C=O) groups excluding carboxylic acids is 2. The number of amides is 2. The molecule has 4 N–H and O–H groups in total. The third-order valence-electron chi connectivity index (χ3n) is 6.12. The highest BCUT2D eigenvalue weighted by Crippen LogP contribution is 2.32. The van der Waals surface area contributed by atoms with E-state index in [0.717, 1.165) is 11.1 Å². The summed E-state index contributed by atoms with van der Waals surface area (Å²) in [6, 6.07) is 13.0. The zero-order chi connectivity index (χ0) is 23.1. The van der Waals surface area contributed by atoms with Crippen molar-refractivity contribution in [1.82, 2.24) is 20.2 Å². The molecule has 2 heterocycles. The second kappa shape index (κ2) is 8.05. The molecule has 0 aliphatic heterocycles. The third-order valence-corrected chi connectivity index (χ3v) is 6.12. The summed E-state index contributed by atoms with van der Waals surface area (Å²) in [4.78, 5) is 30.0. The fourth-order valence-electron chi connectivity index (χ4n) is 4.49. The number of carbonyl (C=O) groups is 2. The number of hydrogen-bond acceptors (Lipinski definition) is 4. The smallest absolute Gasteiger partial charge is 0.255 e. The average Bonchev–Trinajstić information content (AvgIpc) is 3.34. The minimum absolute atomic E-state index is 0.226. The summed E-state index contributed by atoms with van der Waals surface area (Å²) >= 11 is 0. The number of aromatic nitrogens is 2. The van der Waals surface area contributed by atoms with Crippen LogP contribution in [-0.2, 0) is 13.5 Å². The van der Waals surface area contributed by atoms with E-state index < -0.39 is 23.8 Å². The summed E-state index contributed by atoms with van der Waals surface area (Å²) < 4.78 is 16.3. The Labute approximate surface area is 189 Å². The van der Waals surface area contributed by atoms with Gasteiger partial charge in [-0.05, 0) is 41.8 Å². The van der Waals surface area contributed by atoms with Gasteiger partial charge in [0.05, 0.1) is 23.2 Å². The van der Waals surface area contributed by atoms with Crippen molar-refractivity contribution in [3.63, 3.8) is 0 Å². The van der Waals surface area contributed by atoms with Crippen LogP contribution < -0.4 is 16.4 Å². The molecule has 0 radical (unpaired) electrons. The lowest BCUT2D eigenvalue weighted by atomic mass is 10.1. The predicted octanol–water partition coefficient (Wildman–Crippen LogP) is 3.12. The first-order valence-corrected chi connectivity index (χ1v) is 10.6. The van der Waals surface area contributed by atoms with Gasteiger partial charge in [0.1, 0.15) is 5.82 Å². The number of halogens is 1. The molecule has 0 saturated heterocycles. The van der Waals surface area contributed by atoms with Crippen LogP contribution >= 0.6 is 0 Å². The molecule has 2 atom stereocenters. The number of hydrogen-bond donors (Lipinski definition) is 3. The number of nitrogen functional groups attached to an aromatic ring is 1. The first kappa shape index (κ1) is 20.7. The van der Waals surface area contributed by atoms with Gasteiger partial charge in [-0.3, -0.25) is 14.6 Å². The van der Waals surface area contributed by atoms with E-state index >= 15 is 0 Å². The van der Waals surface area contributed by atoms with Crippen molar-refractivity contribution in [2.45, 2.75) is 18.5 Å². The predicted molar refractivity (Wildman–Crippen MR) is 123 cm³/mol. The molecular weight excluding hydrogens is 421 g/mol. The SMILES string of the molecule is Cn1ccc2cc(C(=O)N[C@H]3Cc4ccccc4[C@@H]3NC(=O)c3cnccc3N)cc(F)c21. The van der Waals surface area contributed by atoms with E-state index in [9.17, 15) is 14.0 Å². The zero-order valence-electron chi connectivity index (χ0n) is 17.9. The second-order valence-corrected chi connectivity index (χ2v) is 8.22. The Morgan fingerprint density at radius 2 is 1.94 bits per heavy atom. The van der Waals surface area contributed by atoms with Gasteiger partial charge >= 0.3 is 0 Å². The Morgan fingerprint density at radius 3 is 2.76 bits per heavy atom. The number of fused-ring (bicyclic) bond motifs is 2. The van der Waals surface area contributed by atoms with Gasteiger partial charge in [-0.15, -0.1) is 0 Å². The maximum absolute atomic E-state index is 14.6. The average molecular weight is 443 g/mol. The highest BCUT2D eigenvalue weighted by Gasteiger charge is 2.35. The van der Waals surface area contributed by atoms with E-state index in [1.165, 1.54) is 18.5 Å². The number of nitrogens with two attached hydrogens (primary N) is 1. The highest BCUT2D eigenvalue weighted by molar-refractivity contribution is 6.00. The van der Waals surface area contributed by atoms with E-state index in [4.69, 9.17) is 5.73 Å². The van der Waals surface area contributed by atoms with Crippen LogP contribution in [0.3, 0.4) is 0 Å². The minimum Gasteiger partial charge on any atom is -0.398 e. The summed E-state index contributed by atoms with van der Waals surface area (Å²) in [6.07, 6.45) is 5.21. The largest absolute Gasteiger partial charge is 0.398 e. The molecule has 166 valence electrons. The number of rotatable bonds is 4. The van der Waals surface area contributed by atoms with Gasteiger partial charge < -0.3 is 20.9 Å². The van der Waals surface area contributed by atoms with E-state index in [-0.39, 0.29) is 17.0 Å². The van der Waals surface area contributed by atoms with Crippen molar-refractivity contribution in [2.75, 3.05) is 5.73 Å². The third kappa shape index (κ3) is 3.69. The Kier molecular flexibility index (Phi) is 5.05. The van der Waals surface area contributed by atoms with Crippen molar-refractivity contribution < 1.29 is 14.0 Å². The summed E-state index contributed by atoms with van der Waals surface area (Å²) in [7, 11) is 1.75. The normalized spacial score (nSPS) is 17.0. The van der Waals surface area contributed by atoms with Gasteiger partial charge in [-0.1, -0.05) is 24.3 Å². The van der Waals surface area contributed by atoms with Crippen LogP contribution in [0, 0.1) is 5.82 Å². The molecule has 2 aromatic carbocycles. The maximum Gasteiger partial charge on any atom is 0.255 e. The lowest BCUT2D eigenvalue weighted by Crippen LogP contribution is -2.44. The summed E-state index contributed by atoms with van der Waals surface area (Å²) in [5.74, 6) is -1.24. The first-order valence-electron chi connectivity index (χ1n) is 10.6. The van der Waals surface area contributed by atoms with Gasteiger partial charge in [0.2, 0.25) is 0 Å². The molecule has 0 saturated carbocycles. The van der Waals surface area contributed by atoms with Crippen molar-refractivity contribution in [3.05, 3.63) is 95.2 Å². The fourth-order valence-corrected chi connectivity index (χ4v) is 4.49. The Balaban J connectivity index is 1.42. The van der Waals surface area contributed by atoms with E-state index in [1.807, 2.05) is 24.3 Å². The molecule has 2 aromatic heterocycles. The molecule has 4 aromatic rings. The van der Waals surface area contributed by atoms with Gasteiger partial charge in [0.25, 0.3) is 11.8 Å². The number of aryl methyl sites for hydroxylation is 1. The van der Waals surface area contributed by atoms with Crippen molar-refractivity contribution in [2.24, 2.45) is 7.05 Å². The molecule has 8 heteroatoms. The van der Waals surface area contributed by atoms with Crippen LogP contribution in [0.1, 0.15) is 37.9 Å². The molecule has 1 aliphatic rings. The molecule has 5 rings (SSSR count). The monoisotopic (exact) mass is 443 g/mol. The Bertz CT molecular complexity index is 1400. The van der Waals surface area contributed by atoms with Gasteiger partial charge in [0, 0.05) is 42.3 Å². The Hall–Kier alpha value is -4.20. The van der Waals surface area contributed by atoms with Crippen LogP contribution in [0.4, 0.5) is 10.1 Å². The van der Waals surface area contributed by atoms with Crippen molar-refractivity contribution in [1.29, 1.82) is 0 Å². The van der Waals surface area contributed by atoms with Gasteiger partial charge in [-0.25, -0.2) is 4.39 Å². The maximum atomic E-state index is 14.6. The fraction of sp³-hybridized carbons (Fsp3) is 0.160. The van der Waals surface area contributed by atoms with Crippen LogP contribution in [-0.4, -0.2) is 27.4 Å².